The van der Waals surface area contributed by atoms with Crippen molar-refractivity contribution in [2.75, 3.05) is 51.8 Å². The fraction of sp³-hybridized carbons (Fsp3) is 0.652. The van der Waals surface area contributed by atoms with Crippen LogP contribution in [0.4, 0.5) is 5.69 Å². The highest BCUT2D eigenvalue weighted by molar-refractivity contribution is 6.35. The molecule has 1 aromatic rings. The molecule has 1 atom stereocenters. The molecular formula is C23H37N4O3+. The molecule has 1 aliphatic heterocycles. The van der Waals surface area contributed by atoms with Crippen LogP contribution in [0.25, 0.3) is 0 Å². The van der Waals surface area contributed by atoms with Gasteiger partial charge in [0.05, 0.1) is 19.8 Å². The zero-order chi connectivity index (χ0) is 21.3. The summed E-state index contributed by atoms with van der Waals surface area (Å²) in [5, 5.41) is 5.84. The van der Waals surface area contributed by atoms with Crippen molar-refractivity contribution in [3.05, 3.63) is 29.8 Å². The van der Waals surface area contributed by atoms with Crippen molar-refractivity contribution < 1.29 is 19.2 Å². The minimum absolute atomic E-state index is 0.0970. The summed E-state index contributed by atoms with van der Waals surface area (Å²) in [5.41, 5.74) is 2.31. The van der Waals surface area contributed by atoms with E-state index in [1.165, 1.54) is 23.3 Å². The third kappa shape index (κ3) is 6.44. The van der Waals surface area contributed by atoms with Gasteiger partial charge in [-0.2, -0.15) is 0 Å². The molecule has 0 radical (unpaired) electrons. The number of rotatable bonds is 6. The van der Waals surface area contributed by atoms with Gasteiger partial charge in [-0.1, -0.05) is 37.8 Å². The molecule has 0 spiro atoms. The predicted molar refractivity (Wildman–Crippen MR) is 118 cm³/mol. The summed E-state index contributed by atoms with van der Waals surface area (Å²) >= 11 is 0. The molecule has 2 aliphatic rings. The lowest BCUT2D eigenvalue weighted by Gasteiger charge is -2.32. The Balaban J connectivity index is 1.60. The van der Waals surface area contributed by atoms with Gasteiger partial charge in [-0.25, -0.2) is 0 Å². The minimum Gasteiger partial charge on any atom is -0.378 e. The van der Waals surface area contributed by atoms with E-state index in [4.69, 9.17) is 4.74 Å². The highest BCUT2D eigenvalue weighted by Gasteiger charge is 2.28. The highest BCUT2D eigenvalue weighted by Crippen LogP contribution is 2.18. The molecular weight excluding hydrogens is 380 g/mol. The zero-order valence-corrected chi connectivity index (χ0v) is 18.4. The number of carbonyl (C=O) groups is 2. The molecule has 3 rings (SSSR count). The Kier molecular flexibility index (Phi) is 8.51. The molecule has 1 saturated heterocycles. The van der Waals surface area contributed by atoms with Crippen LogP contribution in [0.5, 0.6) is 0 Å². The van der Waals surface area contributed by atoms with Crippen LogP contribution in [-0.2, 0) is 14.3 Å². The van der Waals surface area contributed by atoms with Crippen LogP contribution in [0.1, 0.15) is 50.1 Å². The number of ether oxygens (including phenoxy) is 1. The first-order valence-electron chi connectivity index (χ1n) is 11.3. The molecule has 0 unspecified atom stereocenters. The number of amides is 2. The van der Waals surface area contributed by atoms with Gasteiger partial charge >= 0.3 is 11.8 Å². The molecule has 3 N–H and O–H groups in total. The normalized spacial score (nSPS) is 19.5. The molecule has 1 aliphatic carbocycles. The maximum atomic E-state index is 12.5. The first-order valence-corrected chi connectivity index (χ1v) is 11.3. The lowest BCUT2D eigenvalue weighted by molar-refractivity contribution is -0.937. The van der Waals surface area contributed by atoms with Crippen molar-refractivity contribution in [2.24, 2.45) is 0 Å². The SMILES string of the molecule is CN(C)c1ccc([C@H](CNC(=O)C(=O)NC2CCCCCC2)[NH+]2CCOCC2)cc1. The Morgan fingerprint density at radius 3 is 2.27 bits per heavy atom. The van der Waals surface area contributed by atoms with Crippen LogP contribution in [0.3, 0.4) is 0 Å². The van der Waals surface area contributed by atoms with E-state index in [2.05, 4.69) is 39.8 Å². The van der Waals surface area contributed by atoms with E-state index in [1.54, 1.807) is 0 Å². The van der Waals surface area contributed by atoms with Crippen molar-refractivity contribution in [2.45, 2.75) is 50.6 Å². The molecule has 7 nitrogen and oxygen atoms in total. The Bertz CT molecular complexity index is 678. The standard InChI is InChI=1S/C23H36N4O3/c1-26(2)20-11-9-18(10-12-20)21(27-13-15-30-16-14-27)17-24-22(28)23(29)25-19-7-5-3-4-6-8-19/h9-12,19,21H,3-8,13-17H2,1-2H3,(H,24,28)(H,25,29)/p+1/t21-/m0/s1. The van der Waals surface area contributed by atoms with Crippen molar-refractivity contribution >= 4 is 17.5 Å². The second-order valence-electron chi connectivity index (χ2n) is 8.68. The molecule has 2 amide bonds. The van der Waals surface area contributed by atoms with Crippen molar-refractivity contribution in [3.8, 4) is 0 Å². The van der Waals surface area contributed by atoms with Gasteiger partial charge in [-0.15, -0.1) is 0 Å². The van der Waals surface area contributed by atoms with Gasteiger partial charge in [0, 0.05) is 31.4 Å². The number of anilines is 1. The van der Waals surface area contributed by atoms with Gasteiger partial charge in [0.15, 0.2) is 0 Å². The van der Waals surface area contributed by atoms with Crippen molar-refractivity contribution in [3.63, 3.8) is 0 Å². The van der Waals surface area contributed by atoms with Crippen LogP contribution in [-0.4, -0.2) is 64.8 Å². The Morgan fingerprint density at radius 1 is 1.03 bits per heavy atom. The number of morpholine rings is 1. The summed E-state index contributed by atoms with van der Waals surface area (Å²) in [7, 11) is 4.04. The fourth-order valence-electron chi connectivity index (χ4n) is 4.43. The summed E-state index contributed by atoms with van der Waals surface area (Å²) in [6.07, 6.45) is 6.62. The monoisotopic (exact) mass is 417 g/mol. The van der Waals surface area contributed by atoms with Gasteiger partial charge < -0.3 is 25.2 Å². The zero-order valence-electron chi connectivity index (χ0n) is 18.4. The highest BCUT2D eigenvalue weighted by atomic mass is 16.5. The predicted octanol–water partition coefficient (Wildman–Crippen LogP) is 0.664. The van der Waals surface area contributed by atoms with E-state index in [0.717, 1.165) is 57.7 Å². The van der Waals surface area contributed by atoms with E-state index in [1.807, 2.05) is 14.1 Å². The van der Waals surface area contributed by atoms with Crippen molar-refractivity contribution in [1.82, 2.24) is 10.6 Å². The first-order chi connectivity index (χ1) is 14.5. The molecule has 1 saturated carbocycles. The quantitative estimate of drug-likeness (QED) is 0.470. The van der Waals surface area contributed by atoms with E-state index in [0.29, 0.717) is 6.54 Å². The molecule has 7 heteroatoms. The van der Waals surface area contributed by atoms with Gasteiger partial charge in [0.1, 0.15) is 19.1 Å². The van der Waals surface area contributed by atoms with E-state index in [9.17, 15) is 9.59 Å². The molecule has 0 aromatic heterocycles. The molecule has 166 valence electrons. The fourth-order valence-corrected chi connectivity index (χ4v) is 4.43. The van der Waals surface area contributed by atoms with Crippen molar-refractivity contribution in [1.29, 1.82) is 0 Å². The first kappa shape index (κ1) is 22.6. The lowest BCUT2D eigenvalue weighted by atomic mass is 10.0. The van der Waals surface area contributed by atoms with Gasteiger partial charge in [-0.05, 0) is 25.0 Å². The Morgan fingerprint density at radius 2 is 1.67 bits per heavy atom. The largest absolute Gasteiger partial charge is 0.378 e. The van der Waals surface area contributed by atoms with Crippen LogP contribution in [0.15, 0.2) is 24.3 Å². The smallest absolute Gasteiger partial charge is 0.309 e. The van der Waals surface area contributed by atoms with Crippen LogP contribution in [0, 0.1) is 0 Å². The molecule has 1 heterocycles. The summed E-state index contributed by atoms with van der Waals surface area (Å²) in [5.74, 6) is -1.03. The van der Waals surface area contributed by atoms with Gasteiger partial charge in [0.2, 0.25) is 0 Å². The van der Waals surface area contributed by atoms with Gasteiger partial charge in [-0.3, -0.25) is 9.59 Å². The van der Waals surface area contributed by atoms with Gasteiger partial charge in [0.25, 0.3) is 0 Å². The Hall–Kier alpha value is -2.12. The number of hydrogen-bond donors (Lipinski definition) is 3. The maximum Gasteiger partial charge on any atom is 0.309 e. The lowest BCUT2D eigenvalue weighted by Crippen LogP contribution is -3.15. The maximum absolute atomic E-state index is 12.5. The second-order valence-corrected chi connectivity index (χ2v) is 8.68. The summed E-state index contributed by atoms with van der Waals surface area (Å²) in [6.45, 7) is 3.66. The third-order valence-corrected chi connectivity index (χ3v) is 6.30. The molecule has 1 aromatic carbocycles. The number of nitrogens with zero attached hydrogens (tertiary/aromatic N) is 1. The van der Waals surface area contributed by atoms with Crippen LogP contribution < -0.4 is 20.4 Å². The summed E-state index contributed by atoms with van der Waals surface area (Å²) in [4.78, 5) is 28.4. The average Bonchev–Trinajstić information content (AvgIpc) is 3.03. The van der Waals surface area contributed by atoms with E-state index < -0.39 is 11.8 Å². The summed E-state index contributed by atoms with van der Waals surface area (Å²) < 4.78 is 5.52. The van der Waals surface area contributed by atoms with Crippen LogP contribution in [0.2, 0.25) is 0 Å². The van der Waals surface area contributed by atoms with E-state index >= 15 is 0 Å². The number of hydrogen-bond acceptors (Lipinski definition) is 4. The number of benzene rings is 1. The summed E-state index contributed by atoms with van der Waals surface area (Å²) in [6, 6.07) is 8.68. The Labute approximate surface area is 180 Å². The molecule has 30 heavy (non-hydrogen) atoms. The van der Waals surface area contributed by atoms with E-state index in [-0.39, 0.29) is 12.1 Å². The number of carbonyl (C=O) groups excluding carboxylic acids is 2. The molecule has 0 bridgehead atoms. The third-order valence-electron chi connectivity index (χ3n) is 6.30. The number of nitrogens with one attached hydrogen (secondary N) is 3. The number of quaternary nitrogens is 1. The topological polar surface area (TPSA) is 75.1 Å². The van der Waals surface area contributed by atoms with Crippen LogP contribution >= 0.6 is 0 Å². The molecule has 2 fully saturated rings. The second kappa shape index (κ2) is 11.3. The average molecular weight is 418 g/mol. The minimum atomic E-state index is -0.526.